The van der Waals surface area contributed by atoms with Crippen molar-refractivity contribution < 1.29 is 39.1 Å². The summed E-state index contributed by atoms with van der Waals surface area (Å²) < 4.78 is 23.4. The van der Waals surface area contributed by atoms with Crippen LogP contribution in [-0.4, -0.2) is 56.2 Å². The van der Waals surface area contributed by atoms with Gasteiger partial charge in [0.05, 0.1) is 26.4 Å². The van der Waals surface area contributed by atoms with Gasteiger partial charge in [-0.3, -0.25) is 0 Å². The third kappa shape index (κ3) is 8.05. The van der Waals surface area contributed by atoms with E-state index in [-0.39, 0.29) is 5.04 Å². The lowest BCUT2D eigenvalue weighted by molar-refractivity contribution is -0.0425. The quantitative estimate of drug-likeness (QED) is 0.176. The first-order valence-corrected chi connectivity index (χ1v) is 17.1. The molecular weight excluding hydrogens is 552 g/mol. The zero-order valence-corrected chi connectivity index (χ0v) is 26.7. The molecule has 0 spiro atoms. The van der Waals surface area contributed by atoms with E-state index in [1.807, 2.05) is 30.3 Å². The summed E-state index contributed by atoms with van der Waals surface area (Å²) in [7, 11) is 0.851. The van der Waals surface area contributed by atoms with Gasteiger partial charge in [-0.1, -0.05) is 57.2 Å². The van der Waals surface area contributed by atoms with Gasteiger partial charge in [0.25, 0.3) is 0 Å². The fourth-order valence-corrected chi connectivity index (χ4v) is 5.56. The van der Waals surface area contributed by atoms with Crippen molar-refractivity contribution in [3.63, 3.8) is 0 Å². The Labute approximate surface area is 250 Å². The summed E-state index contributed by atoms with van der Waals surface area (Å²) in [4.78, 5) is 0. The predicted octanol–water partition coefficient (Wildman–Crippen LogP) is 5.65. The second-order valence-corrected chi connectivity index (χ2v) is 16.8. The van der Waals surface area contributed by atoms with Crippen LogP contribution in [0.3, 0.4) is 0 Å². The van der Waals surface area contributed by atoms with E-state index in [2.05, 4.69) is 33.9 Å². The third-order valence-electron chi connectivity index (χ3n) is 8.21. The first kappa shape index (κ1) is 33.4. The van der Waals surface area contributed by atoms with E-state index in [1.54, 1.807) is 36.4 Å². The van der Waals surface area contributed by atoms with Crippen molar-refractivity contribution in [3.8, 4) is 23.0 Å². The van der Waals surface area contributed by atoms with Crippen LogP contribution in [0.5, 0.6) is 23.0 Å². The molecule has 0 aliphatic rings. The average Bonchev–Trinajstić information content (AvgIpc) is 2.97. The van der Waals surface area contributed by atoms with Crippen LogP contribution >= 0.6 is 0 Å². The van der Waals surface area contributed by atoms with Gasteiger partial charge in [-0.15, -0.1) is 0 Å². The van der Waals surface area contributed by atoms with Gasteiger partial charge in [0.15, 0.2) is 11.5 Å². The van der Waals surface area contributed by atoms with Gasteiger partial charge in [0.2, 0.25) is 8.32 Å². The Balaban J connectivity index is 1.86. The van der Waals surface area contributed by atoms with E-state index >= 15 is 0 Å². The smallest absolute Gasteiger partial charge is 0.250 e. The van der Waals surface area contributed by atoms with Gasteiger partial charge >= 0.3 is 0 Å². The zero-order chi connectivity index (χ0) is 31.1. The topological polar surface area (TPSA) is 118 Å². The van der Waals surface area contributed by atoms with Crippen LogP contribution in [0.4, 0.5) is 0 Å². The summed E-state index contributed by atoms with van der Waals surface area (Å²) in [6.07, 6.45) is -2.44. The summed E-state index contributed by atoms with van der Waals surface area (Å²) in [5.41, 5.74) is 1.91. The van der Waals surface area contributed by atoms with Crippen molar-refractivity contribution >= 4 is 8.32 Å². The highest BCUT2D eigenvalue weighted by atomic mass is 28.4. The number of hydrogen-bond acceptors (Lipinski definition) is 8. The Kier molecular flexibility index (Phi) is 11.5. The zero-order valence-electron chi connectivity index (χ0n) is 25.7. The number of aliphatic hydroxyl groups excluding tert-OH is 4. The molecule has 42 heavy (non-hydrogen) atoms. The molecule has 4 N–H and O–H groups in total. The summed E-state index contributed by atoms with van der Waals surface area (Å²) in [5.74, 6) is 0.166. The van der Waals surface area contributed by atoms with Gasteiger partial charge in [0, 0.05) is 31.1 Å². The van der Waals surface area contributed by atoms with Crippen LogP contribution in [0.15, 0.2) is 66.7 Å². The molecule has 0 fully saturated rings. The summed E-state index contributed by atoms with van der Waals surface area (Å²) >= 11 is 0. The maximum atomic E-state index is 11.5. The largest absolute Gasteiger partial charge is 0.543 e. The molecule has 0 radical (unpaired) electrons. The SMILES string of the molecule is COc1cc(O[Si](C)(C)C(C)(C)C)cc(C(O)C(CO)C(CO)C(O)c2ccc(OCc3ccccc3)c(OC)c2)c1. The van der Waals surface area contributed by atoms with E-state index in [1.165, 1.54) is 14.2 Å². The molecular formula is C33H46O8Si. The molecule has 4 atom stereocenters. The van der Waals surface area contributed by atoms with Crippen LogP contribution in [-0.2, 0) is 6.61 Å². The molecule has 0 aromatic heterocycles. The molecule has 0 aliphatic carbocycles. The van der Waals surface area contributed by atoms with Crippen molar-refractivity contribution in [2.45, 2.75) is 57.7 Å². The molecule has 0 bridgehead atoms. The number of methoxy groups -OCH3 is 2. The molecule has 0 saturated heterocycles. The van der Waals surface area contributed by atoms with Crippen molar-refractivity contribution in [2.75, 3.05) is 27.4 Å². The first-order valence-electron chi connectivity index (χ1n) is 14.2. The highest BCUT2D eigenvalue weighted by molar-refractivity contribution is 6.74. The number of benzene rings is 3. The highest BCUT2D eigenvalue weighted by Gasteiger charge is 2.40. The lowest BCUT2D eigenvalue weighted by atomic mass is 9.80. The van der Waals surface area contributed by atoms with Crippen molar-refractivity contribution in [3.05, 3.63) is 83.4 Å². The standard InChI is InChI=1S/C33H46O8Si/c1-33(2,3)42(6,7)41-26-16-24(15-25(18-26)38-4)32(37)28(20-35)27(19-34)31(36)23-13-14-29(30(17-23)39-5)40-21-22-11-9-8-10-12-22/h8-18,27-28,31-32,34-37H,19-21H2,1-7H3. The minimum Gasteiger partial charge on any atom is -0.543 e. The summed E-state index contributed by atoms with van der Waals surface area (Å²) in [6, 6.07) is 19.9. The molecule has 9 heteroatoms. The molecule has 3 rings (SSSR count). The lowest BCUT2D eigenvalue weighted by Gasteiger charge is -2.37. The van der Waals surface area contributed by atoms with Gasteiger partial charge in [0.1, 0.15) is 18.1 Å². The Morgan fingerprint density at radius 2 is 1.31 bits per heavy atom. The van der Waals surface area contributed by atoms with Crippen LogP contribution < -0.4 is 18.6 Å². The molecule has 8 nitrogen and oxygen atoms in total. The fraction of sp³-hybridized carbons (Fsp3) is 0.455. The number of aliphatic hydroxyl groups is 4. The van der Waals surface area contributed by atoms with E-state index < -0.39 is 45.6 Å². The Bertz CT molecular complexity index is 1270. The predicted molar refractivity (Wildman–Crippen MR) is 166 cm³/mol. The van der Waals surface area contributed by atoms with Crippen LogP contribution in [0.25, 0.3) is 0 Å². The Hall–Kier alpha value is -3.08. The number of rotatable bonds is 14. The van der Waals surface area contributed by atoms with E-state index in [4.69, 9.17) is 18.6 Å². The molecule has 0 saturated carbocycles. The second-order valence-electron chi connectivity index (χ2n) is 12.1. The molecule has 0 amide bonds. The molecule has 230 valence electrons. The van der Waals surface area contributed by atoms with Gasteiger partial charge in [-0.05, 0) is 59.1 Å². The number of ether oxygens (including phenoxy) is 3. The molecule has 3 aromatic carbocycles. The normalized spacial score (nSPS) is 14.9. The maximum absolute atomic E-state index is 11.5. The molecule has 0 aliphatic heterocycles. The van der Waals surface area contributed by atoms with Crippen molar-refractivity contribution in [1.29, 1.82) is 0 Å². The van der Waals surface area contributed by atoms with Crippen LogP contribution in [0.1, 0.15) is 49.7 Å². The Morgan fingerprint density at radius 3 is 1.86 bits per heavy atom. The average molecular weight is 599 g/mol. The Morgan fingerprint density at radius 1 is 0.714 bits per heavy atom. The van der Waals surface area contributed by atoms with Crippen LogP contribution in [0, 0.1) is 11.8 Å². The van der Waals surface area contributed by atoms with Gasteiger partial charge in [-0.2, -0.15) is 0 Å². The summed E-state index contributed by atoms with van der Waals surface area (Å²) in [5, 5.41) is 43.6. The molecule has 4 unspecified atom stereocenters. The maximum Gasteiger partial charge on any atom is 0.250 e. The lowest BCUT2D eigenvalue weighted by Crippen LogP contribution is -2.43. The van der Waals surface area contributed by atoms with Crippen LogP contribution in [0.2, 0.25) is 18.1 Å². The molecule has 3 aromatic rings. The number of hydrogen-bond donors (Lipinski definition) is 4. The van der Waals surface area contributed by atoms with E-state index in [0.717, 1.165) is 5.56 Å². The third-order valence-corrected chi connectivity index (χ3v) is 12.6. The van der Waals surface area contributed by atoms with Crippen molar-refractivity contribution in [2.24, 2.45) is 11.8 Å². The monoisotopic (exact) mass is 598 g/mol. The van der Waals surface area contributed by atoms with E-state index in [9.17, 15) is 20.4 Å². The van der Waals surface area contributed by atoms with E-state index in [0.29, 0.717) is 40.7 Å². The van der Waals surface area contributed by atoms with Gasteiger partial charge in [-0.25, -0.2) is 0 Å². The highest BCUT2D eigenvalue weighted by Crippen LogP contribution is 2.42. The minimum atomic E-state index is -2.19. The fourth-order valence-electron chi connectivity index (χ4n) is 4.54. The van der Waals surface area contributed by atoms with Crippen molar-refractivity contribution in [1.82, 2.24) is 0 Å². The summed E-state index contributed by atoms with van der Waals surface area (Å²) in [6.45, 7) is 10.1. The van der Waals surface area contributed by atoms with Gasteiger partial charge < -0.3 is 39.1 Å². The first-order chi connectivity index (χ1) is 19.8. The second kappa shape index (κ2) is 14.4. The minimum absolute atomic E-state index is 0.0439. The molecule has 0 heterocycles.